The molecule has 1 aliphatic rings. The molecule has 3 rings (SSSR count). The number of ketones is 1. The molecule has 7 nitrogen and oxygen atoms in total. The second kappa shape index (κ2) is 7.55. The lowest BCUT2D eigenvalue weighted by atomic mass is 9.73. The molecule has 1 aliphatic carbocycles. The van der Waals surface area contributed by atoms with Crippen LogP contribution in [-0.2, 0) is 16.6 Å². The van der Waals surface area contributed by atoms with Gasteiger partial charge in [-0.05, 0) is 36.5 Å². The van der Waals surface area contributed by atoms with Crippen molar-refractivity contribution in [3.8, 4) is 11.8 Å². The summed E-state index contributed by atoms with van der Waals surface area (Å²) in [4.78, 5) is 37.9. The fourth-order valence-corrected chi connectivity index (χ4v) is 3.89. The fraction of sp³-hybridized carbons (Fsp3) is 0.364. The van der Waals surface area contributed by atoms with Gasteiger partial charge in [0.05, 0.1) is 11.4 Å². The number of hydrogen-bond acceptors (Lipinski definition) is 4. The van der Waals surface area contributed by atoms with E-state index in [4.69, 9.17) is 0 Å². The lowest BCUT2D eigenvalue weighted by Gasteiger charge is -2.30. The monoisotopic (exact) mass is 392 g/mol. The van der Waals surface area contributed by atoms with E-state index in [1.807, 2.05) is 38.1 Å². The van der Waals surface area contributed by atoms with Crippen molar-refractivity contribution in [3.05, 3.63) is 57.5 Å². The van der Waals surface area contributed by atoms with Crippen molar-refractivity contribution in [1.29, 1.82) is 5.26 Å². The maximum absolute atomic E-state index is 13.0. The molecular formula is C22H24N4O3. The predicted molar refractivity (Wildman–Crippen MR) is 110 cm³/mol. The van der Waals surface area contributed by atoms with Crippen LogP contribution in [0.1, 0.15) is 38.8 Å². The Morgan fingerprint density at radius 2 is 1.83 bits per heavy atom. The molecule has 1 fully saturated rings. The standard InChI is InChI=1S/C22H24N4O3/c1-14-19(21(29)26(25(14)4)16-8-6-5-7-9-16)24-20(28)18(13-23)15-10-17(27)12-22(2,3)11-15/h5-9H,10-12H2,1-4H3,(H,24,28)/b18-15-. The maximum atomic E-state index is 13.0. The summed E-state index contributed by atoms with van der Waals surface area (Å²) in [6.45, 7) is 5.61. The zero-order chi connectivity index (χ0) is 21.3. The molecule has 150 valence electrons. The molecule has 0 bridgehead atoms. The van der Waals surface area contributed by atoms with Crippen LogP contribution in [0.4, 0.5) is 5.69 Å². The van der Waals surface area contributed by atoms with E-state index < -0.39 is 5.91 Å². The van der Waals surface area contributed by atoms with Crippen molar-refractivity contribution < 1.29 is 9.59 Å². The molecule has 0 saturated heterocycles. The number of nitrogens with one attached hydrogen (secondary N) is 1. The van der Waals surface area contributed by atoms with Crippen LogP contribution in [0.2, 0.25) is 0 Å². The zero-order valence-corrected chi connectivity index (χ0v) is 17.1. The zero-order valence-electron chi connectivity index (χ0n) is 17.1. The molecule has 0 aliphatic heterocycles. The topological polar surface area (TPSA) is 96.9 Å². The third kappa shape index (κ3) is 3.92. The van der Waals surface area contributed by atoms with Crippen LogP contribution in [0.5, 0.6) is 0 Å². The van der Waals surface area contributed by atoms with Crippen molar-refractivity contribution in [2.45, 2.75) is 40.0 Å². The minimum Gasteiger partial charge on any atom is -0.315 e. The van der Waals surface area contributed by atoms with Gasteiger partial charge >= 0.3 is 0 Å². The first kappa shape index (κ1) is 20.3. The Morgan fingerprint density at radius 1 is 1.17 bits per heavy atom. The number of anilines is 1. The van der Waals surface area contributed by atoms with Gasteiger partial charge in [-0.25, -0.2) is 4.68 Å². The summed E-state index contributed by atoms with van der Waals surface area (Å²) in [6.07, 6.45) is 1.02. The van der Waals surface area contributed by atoms with Crippen molar-refractivity contribution in [1.82, 2.24) is 9.36 Å². The van der Waals surface area contributed by atoms with Crippen LogP contribution in [0.25, 0.3) is 5.69 Å². The minimum absolute atomic E-state index is 0.0131. The van der Waals surface area contributed by atoms with Crippen molar-refractivity contribution in [3.63, 3.8) is 0 Å². The molecule has 1 aromatic carbocycles. The summed E-state index contributed by atoms with van der Waals surface area (Å²) < 4.78 is 3.11. The number of carbonyl (C=O) groups excluding carboxylic acids is 2. The van der Waals surface area contributed by atoms with Gasteiger partial charge in [0.15, 0.2) is 0 Å². The summed E-state index contributed by atoms with van der Waals surface area (Å²) in [5.74, 6) is -0.641. The molecular weight excluding hydrogens is 368 g/mol. The van der Waals surface area contributed by atoms with Gasteiger partial charge in [-0.3, -0.25) is 19.1 Å². The molecule has 1 amide bonds. The van der Waals surface area contributed by atoms with E-state index in [0.29, 0.717) is 29.8 Å². The Morgan fingerprint density at radius 3 is 2.41 bits per heavy atom. The Bertz CT molecular complexity index is 1110. The quantitative estimate of drug-likeness (QED) is 0.641. The lowest BCUT2D eigenvalue weighted by molar-refractivity contribution is -0.121. The van der Waals surface area contributed by atoms with Gasteiger partial charge in [-0.15, -0.1) is 0 Å². The van der Waals surface area contributed by atoms with Crippen LogP contribution < -0.4 is 10.9 Å². The highest BCUT2D eigenvalue weighted by Gasteiger charge is 2.32. The van der Waals surface area contributed by atoms with Crippen LogP contribution in [-0.4, -0.2) is 21.1 Å². The number of aromatic nitrogens is 2. The number of nitrogens with zero attached hydrogens (tertiary/aromatic N) is 3. The summed E-state index contributed by atoms with van der Waals surface area (Å²) in [5, 5.41) is 12.2. The molecule has 1 saturated carbocycles. The molecule has 1 aromatic heterocycles. The maximum Gasteiger partial charge on any atom is 0.295 e. The molecule has 0 unspecified atom stereocenters. The van der Waals surface area contributed by atoms with Crippen molar-refractivity contribution >= 4 is 17.4 Å². The third-order valence-electron chi connectivity index (χ3n) is 5.26. The van der Waals surface area contributed by atoms with Crippen LogP contribution in [0.3, 0.4) is 0 Å². The molecule has 2 aromatic rings. The normalized spacial score (nSPS) is 17.6. The van der Waals surface area contributed by atoms with Crippen LogP contribution >= 0.6 is 0 Å². The molecule has 29 heavy (non-hydrogen) atoms. The van der Waals surface area contributed by atoms with Crippen molar-refractivity contribution in [2.24, 2.45) is 12.5 Å². The van der Waals surface area contributed by atoms with E-state index >= 15 is 0 Å². The number of hydrogen-bond donors (Lipinski definition) is 1. The summed E-state index contributed by atoms with van der Waals surface area (Å²) in [5.41, 5.74) is 1.12. The van der Waals surface area contributed by atoms with Gasteiger partial charge in [0.25, 0.3) is 11.5 Å². The average Bonchev–Trinajstić information content (AvgIpc) is 2.85. The van der Waals surface area contributed by atoms with Gasteiger partial charge < -0.3 is 5.32 Å². The summed E-state index contributed by atoms with van der Waals surface area (Å²) in [6, 6.07) is 11.0. The second-order valence-electron chi connectivity index (χ2n) is 8.21. The third-order valence-corrected chi connectivity index (χ3v) is 5.26. The van der Waals surface area contributed by atoms with Gasteiger partial charge in [-0.2, -0.15) is 5.26 Å². The number of nitriles is 1. The number of rotatable bonds is 3. The number of para-hydroxylation sites is 1. The van der Waals surface area contributed by atoms with Crippen molar-refractivity contribution in [2.75, 3.05) is 5.32 Å². The van der Waals surface area contributed by atoms with E-state index in [0.717, 1.165) is 0 Å². The fourth-order valence-electron chi connectivity index (χ4n) is 3.89. The number of allylic oxidation sites excluding steroid dienone is 1. The summed E-state index contributed by atoms with van der Waals surface area (Å²) in [7, 11) is 1.73. The molecule has 7 heteroatoms. The van der Waals surface area contributed by atoms with E-state index in [1.54, 1.807) is 30.8 Å². The van der Waals surface area contributed by atoms with Gasteiger partial charge in [-0.1, -0.05) is 32.0 Å². The van der Waals surface area contributed by atoms with E-state index in [-0.39, 0.29) is 34.4 Å². The number of benzene rings is 1. The van der Waals surface area contributed by atoms with Gasteiger partial charge in [0.1, 0.15) is 23.1 Å². The largest absolute Gasteiger partial charge is 0.315 e. The first-order valence-electron chi connectivity index (χ1n) is 9.44. The Kier molecular flexibility index (Phi) is 5.29. The number of carbonyl (C=O) groups is 2. The van der Waals surface area contributed by atoms with Gasteiger partial charge in [0.2, 0.25) is 0 Å². The Hall–Kier alpha value is -3.40. The van der Waals surface area contributed by atoms with E-state index in [9.17, 15) is 19.6 Å². The first-order chi connectivity index (χ1) is 13.6. The second-order valence-corrected chi connectivity index (χ2v) is 8.21. The van der Waals surface area contributed by atoms with Gasteiger partial charge in [0, 0.05) is 19.9 Å². The first-order valence-corrected chi connectivity index (χ1v) is 9.44. The van der Waals surface area contributed by atoms with Crippen LogP contribution in [0.15, 0.2) is 46.3 Å². The Labute approximate surface area is 169 Å². The molecule has 1 heterocycles. The predicted octanol–water partition coefficient (Wildman–Crippen LogP) is 3.02. The van der Waals surface area contributed by atoms with E-state index in [1.165, 1.54) is 4.68 Å². The molecule has 0 spiro atoms. The number of Topliss-reactive ketones (excluding diaryl/α,β-unsaturated/α-hetero) is 1. The molecule has 0 radical (unpaired) electrons. The lowest BCUT2D eigenvalue weighted by Crippen LogP contribution is -2.28. The SMILES string of the molecule is Cc1c(NC(=O)/C(C#N)=C2/CC(=O)CC(C)(C)C2)c(=O)n(-c2ccccc2)n1C. The molecule has 1 N–H and O–H groups in total. The highest BCUT2D eigenvalue weighted by molar-refractivity contribution is 6.08. The van der Waals surface area contributed by atoms with Crippen LogP contribution in [0, 0.1) is 23.7 Å². The minimum atomic E-state index is -0.654. The Balaban J connectivity index is 1.99. The average molecular weight is 392 g/mol. The molecule has 0 atom stereocenters. The highest BCUT2D eigenvalue weighted by Crippen LogP contribution is 2.37. The van der Waals surface area contributed by atoms with E-state index in [2.05, 4.69) is 5.32 Å². The number of amides is 1. The highest BCUT2D eigenvalue weighted by atomic mass is 16.2. The summed E-state index contributed by atoms with van der Waals surface area (Å²) >= 11 is 0. The smallest absolute Gasteiger partial charge is 0.295 e.